The van der Waals surface area contributed by atoms with E-state index in [1.165, 1.54) is 29.7 Å². The fourth-order valence-electron chi connectivity index (χ4n) is 4.39. The van der Waals surface area contributed by atoms with Crippen molar-refractivity contribution in [2.24, 2.45) is 0 Å². The average Bonchev–Trinajstić information content (AvgIpc) is 2.95. The molecule has 118 valence electrons. The highest BCUT2D eigenvalue weighted by Gasteiger charge is 2.40. The molecule has 1 amide bonds. The Hall–Kier alpha value is -2.61. The number of allylic oxidation sites excluding steroid dienone is 3. The van der Waals surface area contributed by atoms with Gasteiger partial charge in [0, 0.05) is 22.7 Å². The molecule has 0 bridgehead atoms. The van der Waals surface area contributed by atoms with Crippen molar-refractivity contribution < 1.29 is 4.79 Å². The molecule has 1 atom stereocenters. The Balaban J connectivity index is 1.73. The first-order chi connectivity index (χ1) is 11.8. The third kappa shape index (κ3) is 1.86. The molecule has 0 saturated heterocycles. The predicted octanol–water partition coefficient (Wildman–Crippen LogP) is 5.11. The SMILES string of the molecule is O=C1c2ccccc2C2=CC(c3ccccc3)C3=C(CCCC3)N12. The molecule has 1 unspecified atom stereocenters. The molecule has 3 aliphatic rings. The first-order valence-electron chi connectivity index (χ1n) is 8.77. The number of nitrogens with zero attached hydrogens (tertiary/aromatic N) is 1. The van der Waals surface area contributed by atoms with Crippen molar-refractivity contribution in [3.8, 4) is 0 Å². The maximum atomic E-state index is 13.0. The second-order valence-corrected chi connectivity index (χ2v) is 6.81. The number of benzene rings is 2. The molecule has 2 nitrogen and oxygen atoms in total. The van der Waals surface area contributed by atoms with Crippen LogP contribution >= 0.6 is 0 Å². The molecule has 5 rings (SSSR count). The van der Waals surface area contributed by atoms with Gasteiger partial charge in [0.15, 0.2) is 0 Å². The molecule has 0 aromatic heterocycles. The van der Waals surface area contributed by atoms with Gasteiger partial charge in [0.1, 0.15) is 0 Å². The lowest BCUT2D eigenvalue weighted by molar-refractivity contribution is 0.0872. The normalized spacial score (nSPS) is 22.0. The van der Waals surface area contributed by atoms with Crippen LogP contribution in [0.2, 0.25) is 0 Å². The van der Waals surface area contributed by atoms with Crippen LogP contribution in [0.3, 0.4) is 0 Å². The Labute approximate surface area is 142 Å². The van der Waals surface area contributed by atoms with Gasteiger partial charge < -0.3 is 0 Å². The fraction of sp³-hybridized carbons (Fsp3) is 0.227. The molecule has 2 heterocycles. The van der Waals surface area contributed by atoms with Gasteiger partial charge in [-0.25, -0.2) is 0 Å². The lowest BCUT2D eigenvalue weighted by atomic mass is 9.79. The number of rotatable bonds is 1. The Kier molecular flexibility index (Phi) is 2.99. The topological polar surface area (TPSA) is 20.3 Å². The minimum atomic E-state index is 0.151. The number of carbonyl (C=O) groups excluding carboxylic acids is 1. The van der Waals surface area contributed by atoms with Crippen LogP contribution in [0.25, 0.3) is 5.70 Å². The molecule has 24 heavy (non-hydrogen) atoms. The first-order valence-corrected chi connectivity index (χ1v) is 8.77. The fourth-order valence-corrected chi connectivity index (χ4v) is 4.39. The van der Waals surface area contributed by atoms with Crippen LogP contribution in [0.4, 0.5) is 0 Å². The van der Waals surface area contributed by atoms with Crippen LogP contribution in [0.5, 0.6) is 0 Å². The molecule has 2 aromatic carbocycles. The largest absolute Gasteiger partial charge is 0.280 e. The Bertz CT molecular complexity index is 891. The van der Waals surface area contributed by atoms with Crippen LogP contribution in [0, 0.1) is 0 Å². The monoisotopic (exact) mass is 313 g/mol. The van der Waals surface area contributed by atoms with Gasteiger partial charge in [-0.1, -0.05) is 48.5 Å². The van der Waals surface area contributed by atoms with Crippen molar-refractivity contribution in [1.82, 2.24) is 4.90 Å². The minimum absolute atomic E-state index is 0.151. The predicted molar refractivity (Wildman–Crippen MR) is 95.3 cm³/mol. The summed E-state index contributed by atoms with van der Waals surface area (Å²) < 4.78 is 0. The van der Waals surface area contributed by atoms with E-state index in [0.717, 1.165) is 29.7 Å². The van der Waals surface area contributed by atoms with Gasteiger partial charge in [-0.15, -0.1) is 0 Å². The summed E-state index contributed by atoms with van der Waals surface area (Å²) in [4.78, 5) is 15.0. The van der Waals surface area contributed by atoms with Crippen molar-refractivity contribution in [2.45, 2.75) is 31.6 Å². The summed E-state index contributed by atoms with van der Waals surface area (Å²) in [7, 11) is 0. The molecule has 1 aliphatic carbocycles. The highest BCUT2D eigenvalue weighted by Crippen LogP contribution is 2.49. The van der Waals surface area contributed by atoms with Crippen LogP contribution in [0.15, 0.2) is 71.9 Å². The summed E-state index contributed by atoms with van der Waals surface area (Å²) in [6, 6.07) is 18.7. The zero-order valence-corrected chi connectivity index (χ0v) is 13.5. The highest BCUT2D eigenvalue weighted by atomic mass is 16.2. The van der Waals surface area contributed by atoms with Gasteiger partial charge in [0.05, 0.1) is 5.70 Å². The zero-order valence-electron chi connectivity index (χ0n) is 13.5. The lowest BCUT2D eigenvalue weighted by Crippen LogP contribution is -2.29. The first kappa shape index (κ1) is 13.8. The van der Waals surface area contributed by atoms with E-state index in [4.69, 9.17) is 0 Å². The van der Waals surface area contributed by atoms with Gasteiger partial charge in [-0.2, -0.15) is 0 Å². The summed E-state index contributed by atoms with van der Waals surface area (Å²) in [5, 5.41) is 0. The maximum absolute atomic E-state index is 13.0. The van der Waals surface area contributed by atoms with Crippen molar-refractivity contribution in [3.05, 3.63) is 88.6 Å². The van der Waals surface area contributed by atoms with Gasteiger partial charge in [0.25, 0.3) is 5.91 Å². The summed E-state index contributed by atoms with van der Waals surface area (Å²) >= 11 is 0. The van der Waals surface area contributed by atoms with Crippen molar-refractivity contribution in [3.63, 3.8) is 0 Å². The Morgan fingerprint density at radius 2 is 1.54 bits per heavy atom. The average molecular weight is 313 g/mol. The van der Waals surface area contributed by atoms with Crippen LogP contribution in [0.1, 0.15) is 53.1 Å². The standard InChI is InChI=1S/C22H19NO/c24-22-18-12-5-4-10-16(18)21-14-19(15-8-2-1-3-9-15)17-11-6-7-13-20(17)23(21)22/h1-5,8-10,12,14,19H,6-7,11,13H2. The lowest BCUT2D eigenvalue weighted by Gasteiger charge is -2.36. The minimum Gasteiger partial charge on any atom is -0.280 e. The summed E-state index contributed by atoms with van der Waals surface area (Å²) in [5.41, 5.74) is 7.04. The Morgan fingerprint density at radius 1 is 0.833 bits per heavy atom. The molecule has 2 heteroatoms. The van der Waals surface area contributed by atoms with E-state index in [1.807, 2.05) is 23.1 Å². The van der Waals surface area contributed by atoms with Crippen molar-refractivity contribution >= 4 is 11.6 Å². The van der Waals surface area contributed by atoms with E-state index in [1.54, 1.807) is 0 Å². The van der Waals surface area contributed by atoms with E-state index in [9.17, 15) is 4.79 Å². The maximum Gasteiger partial charge on any atom is 0.263 e. The zero-order chi connectivity index (χ0) is 16.1. The van der Waals surface area contributed by atoms with Gasteiger partial charge in [0.2, 0.25) is 0 Å². The van der Waals surface area contributed by atoms with Crippen LogP contribution in [-0.4, -0.2) is 10.8 Å². The molecule has 2 aromatic rings. The third-order valence-electron chi connectivity index (χ3n) is 5.49. The van der Waals surface area contributed by atoms with E-state index in [0.29, 0.717) is 5.92 Å². The second-order valence-electron chi connectivity index (χ2n) is 6.81. The summed E-state index contributed by atoms with van der Waals surface area (Å²) in [6.45, 7) is 0. The highest BCUT2D eigenvalue weighted by molar-refractivity contribution is 6.11. The number of hydrogen-bond donors (Lipinski definition) is 0. The van der Waals surface area contributed by atoms with E-state index < -0.39 is 0 Å². The van der Waals surface area contributed by atoms with E-state index >= 15 is 0 Å². The quantitative estimate of drug-likeness (QED) is 0.716. The molecule has 0 N–H and O–H groups in total. The van der Waals surface area contributed by atoms with Gasteiger partial charge >= 0.3 is 0 Å². The summed E-state index contributed by atoms with van der Waals surface area (Å²) in [5.74, 6) is 0.449. The smallest absolute Gasteiger partial charge is 0.263 e. The van der Waals surface area contributed by atoms with E-state index in [-0.39, 0.29) is 5.91 Å². The number of amides is 1. The summed E-state index contributed by atoms with van der Waals surface area (Å²) in [6.07, 6.45) is 6.81. The Morgan fingerprint density at radius 3 is 2.38 bits per heavy atom. The molecule has 0 fully saturated rings. The van der Waals surface area contributed by atoms with Crippen LogP contribution in [-0.2, 0) is 0 Å². The number of carbonyl (C=O) groups is 1. The van der Waals surface area contributed by atoms with E-state index in [2.05, 4.69) is 42.5 Å². The molecule has 0 saturated carbocycles. The molecular weight excluding hydrogens is 294 g/mol. The number of hydrogen-bond acceptors (Lipinski definition) is 1. The van der Waals surface area contributed by atoms with Crippen molar-refractivity contribution in [2.75, 3.05) is 0 Å². The molecule has 2 aliphatic heterocycles. The van der Waals surface area contributed by atoms with Crippen LogP contribution < -0.4 is 0 Å². The third-order valence-corrected chi connectivity index (χ3v) is 5.49. The van der Waals surface area contributed by atoms with Gasteiger partial charge in [-0.05, 0) is 49.0 Å². The van der Waals surface area contributed by atoms with Gasteiger partial charge in [-0.3, -0.25) is 9.69 Å². The molecule has 0 radical (unpaired) electrons. The van der Waals surface area contributed by atoms with Crippen molar-refractivity contribution in [1.29, 1.82) is 0 Å². The molecule has 0 spiro atoms. The second kappa shape index (κ2) is 5.20. The number of fused-ring (bicyclic) bond motifs is 4. The molecular formula is C22H19NO.